The number of anilines is 1. The number of amides is 2. The van der Waals surface area contributed by atoms with Gasteiger partial charge in [0, 0.05) is 17.3 Å². The Balaban J connectivity index is 2.24. The van der Waals surface area contributed by atoms with Gasteiger partial charge in [0.05, 0.1) is 11.6 Å². The quantitative estimate of drug-likeness (QED) is 0.805. The predicted octanol–water partition coefficient (Wildman–Crippen LogP) is 2.31. The minimum atomic E-state index is -0.501. The Morgan fingerprint density at radius 3 is 2.50 bits per heavy atom. The summed E-state index contributed by atoms with van der Waals surface area (Å²) in [4.78, 5) is 36.1. The molecule has 1 aromatic rings. The maximum absolute atomic E-state index is 12.1. The van der Waals surface area contributed by atoms with Gasteiger partial charge in [-0.1, -0.05) is 15.9 Å². The lowest BCUT2D eigenvalue weighted by atomic mass is 10.0. The van der Waals surface area contributed by atoms with Gasteiger partial charge in [0.2, 0.25) is 11.8 Å². The molecule has 1 atom stereocenters. The third kappa shape index (κ3) is 2.51. The zero-order valence-corrected chi connectivity index (χ0v) is 11.4. The number of carbonyl (C=O) groups is 3. The van der Waals surface area contributed by atoms with Gasteiger partial charge in [0.15, 0.2) is 0 Å². The monoisotopic (exact) mass is 309 g/mol. The zero-order valence-electron chi connectivity index (χ0n) is 9.85. The second-order valence-corrected chi connectivity index (χ2v) is 5.27. The molecule has 0 radical (unpaired) electrons. The van der Waals surface area contributed by atoms with Crippen molar-refractivity contribution in [3.63, 3.8) is 0 Å². The Bertz CT molecular complexity index is 509. The van der Waals surface area contributed by atoms with Crippen LogP contribution in [0, 0.1) is 5.92 Å². The fourth-order valence-electron chi connectivity index (χ4n) is 2.06. The van der Waals surface area contributed by atoms with Crippen molar-refractivity contribution in [1.29, 1.82) is 0 Å². The van der Waals surface area contributed by atoms with Crippen LogP contribution in [0.25, 0.3) is 0 Å². The smallest absolute Gasteiger partial charge is 0.237 e. The largest absolute Gasteiger partial charge is 0.300 e. The van der Waals surface area contributed by atoms with Gasteiger partial charge in [-0.3, -0.25) is 14.5 Å². The molecule has 1 saturated heterocycles. The van der Waals surface area contributed by atoms with Gasteiger partial charge in [-0.05, 0) is 31.2 Å². The number of carbonyl (C=O) groups excluding carboxylic acids is 3. The standard InChI is InChI=1S/C13H12BrNO3/c1-8(16)6-9-7-12(17)15(13(9)18)11-4-2-10(14)3-5-11/h2-5,9H,6-7H2,1H3/t9-/m0/s1. The van der Waals surface area contributed by atoms with Gasteiger partial charge in [-0.15, -0.1) is 0 Å². The number of ketones is 1. The van der Waals surface area contributed by atoms with Crippen LogP contribution in [0.2, 0.25) is 0 Å². The van der Waals surface area contributed by atoms with E-state index in [1.165, 1.54) is 11.8 Å². The van der Waals surface area contributed by atoms with Gasteiger partial charge in [0.1, 0.15) is 5.78 Å². The molecule has 4 nitrogen and oxygen atoms in total. The molecule has 94 valence electrons. The van der Waals surface area contributed by atoms with Crippen molar-refractivity contribution in [1.82, 2.24) is 0 Å². The van der Waals surface area contributed by atoms with E-state index >= 15 is 0 Å². The first-order valence-corrected chi connectivity index (χ1v) is 6.40. The highest BCUT2D eigenvalue weighted by Gasteiger charge is 2.39. The molecular weight excluding hydrogens is 298 g/mol. The van der Waals surface area contributed by atoms with E-state index < -0.39 is 5.92 Å². The van der Waals surface area contributed by atoms with Crippen LogP contribution >= 0.6 is 15.9 Å². The summed E-state index contributed by atoms with van der Waals surface area (Å²) in [5.41, 5.74) is 0.555. The second kappa shape index (κ2) is 5.02. The average Bonchev–Trinajstić information content (AvgIpc) is 2.55. The maximum Gasteiger partial charge on any atom is 0.237 e. The molecule has 1 aromatic carbocycles. The zero-order chi connectivity index (χ0) is 13.3. The molecule has 0 spiro atoms. The van der Waals surface area contributed by atoms with Crippen molar-refractivity contribution in [2.45, 2.75) is 19.8 Å². The van der Waals surface area contributed by atoms with E-state index in [4.69, 9.17) is 0 Å². The Labute approximate surface area is 113 Å². The molecule has 1 aliphatic heterocycles. The number of Topliss-reactive ketones (excluding diaryl/α,β-unsaturated/α-hetero) is 1. The van der Waals surface area contributed by atoms with Crippen LogP contribution < -0.4 is 4.90 Å². The van der Waals surface area contributed by atoms with Gasteiger partial charge in [-0.25, -0.2) is 0 Å². The van der Waals surface area contributed by atoms with Crippen LogP contribution in [0.4, 0.5) is 5.69 Å². The molecule has 0 N–H and O–H groups in total. The van der Waals surface area contributed by atoms with Crippen LogP contribution in [-0.2, 0) is 14.4 Å². The van der Waals surface area contributed by atoms with E-state index in [-0.39, 0.29) is 30.4 Å². The summed E-state index contributed by atoms with van der Waals surface area (Å²) < 4.78 is 0.880. The summed E-state index contributed by atoms with van der Waals surface area (Å²) in [5.74, 6) is -1.09. The van der Waals surface area contributed by atoms with E-state index in [1.807, 2.05) is 0 Å². The molecule has 0 aromatic heterocycles. The normalized spacial score (nSPS) is 19.4. The van der Waals surface area contributed by atoms with Crippen molar-refractivity contribution < 1.29 is 14.4 Å². The highest BCUT2D eigenvalue weighted by Crippen LogP contribution is 2.29. The predicted molar refractivity (Wildman–Crippen MR) is 70.0 cm³/mol. The summed E-state index contributed by atoms with van der Waals surface area (Å²) in [6.07, 6.45) is 0.256. The lowest BCUT2D eigenvalue weighted by Crippen LogP contribution is -2.30. The van der Waals surface area contributed by atoms with Crippen LogP contribution in [-0.4, -0.2) is 17.6 Å². The molecule has 18 heavy (non-hydrogen) atoms. The molecule has 1 heterocycles. The van der Waals surface area contributed by atoms with E-state index in [0.29, 0.717) is 5.69 Å². The number of nitrogens with zero attached hydrogens (tertiary/aromatic N) is 1. The fourth-order valence-corrected chi connectivity index (χ4v) is 2.33. The summed E-state index contributed by atoms with van der Waals surface area (Å²) >= 11 is 3.30. The summed E-state index contributed by atoms with van der Waals surface area (Å²) in [7, 11) is 0. The Kier molecular flexibility index (Phi) is 3.61. The highest BCUT2D eigenvalue weighted by molar-refractivity contribution is 9.10. The molecule has 0 aliphatic carbocycles. The van der Waals surface area contributed by atoms with Crippen molar-refractivity contribution in [3.8, 4) is 0 Å². The second-order valence-electron chi connectivity index (χ2n) is 4.35. The SMILES string of the molecule is CC(=O)C[C@H]1CC(=O)N(c2ccc(Br)cc2)C1=O. The van der Waals surface area contributed by atoms with Crippen LogP contribution in [0.15, 0.2) is 28.7 Å². The number of imide groups is 1. The van der Waals surface area contributed by atoms with Crippen LogP contribution in [0.3, 0.4) is 0 Å². The topological polar surface area (TPSA) is 54.5 Å². The minimum absolute atomic E-state index is 0.0705. The first-order valence-electron chi connectivity index (χ1n) is 5.61. The van der Waals surface area contributed by atoms with Gasteiger partial charge < -0.3 is 4.79 Å². The van der Waals surface area contributed by atoms with Crippen LogP contribution in [0.1, 0.15) is 19.8 Å². The Morgan fingerprint density at radius 1 is 1.33 bits per heavy atom. The first-order chi connectivity index (χ1) is 8.49. The lowest BCUT2D eigenvalue weighted by molar-refractivity contribution is -0.125. The third-order valence-corrected chi connectivity index (χ3v) is 3.39. The molecule has 5 heteroatoms. The first kappa shape index (κ1) is 13.0. The van der Waals surface area contributed by atoms with Crippen molar-refractivity contribution in [3.05, 3.63) is 28.7 Å². The fraction of sp³-hybridized carbons (Fsp3) is 0.308. The summed E-state index contributed by atoms with van der Waals surface area (Å²) in [6, 6.07) is 6.95. The molecule has 2 amide bonds. The lowest BCUT2D eigenvalue weighted by Gasteiger charge is -2.14. The van der Waals surface area contributed by atoms with Crippen molar-refractivity contribution in [2.24, 2.45) is 5.92 Å². The molecule has 1 fully saturated rings. The van der Waals surface area contributed by atoms with Crippen LogP contribution in [0.5, 0.6) is 0 Å². The molecule has 2 rings (SSSR count). The van der Waals surface area contributed by atoms with E-state index in [1.54, 1.807) is 24.3 Å². The molecular formula is C13H12BrNO3. The van der Waals surface area contributed by atoms with E-state index in [9.17, 15) is 14.4 Å². The van der Waals surface area contributed by atoms with Gasteiger partial charge >= 0.3 is 0 Å². The van der Waals surface area contributed by atoms with Gasteiger partial charge in [-0.2, -0.15) is 0 Å². The van der Waals surface area contributed by atoms with Crippen molar-refractivity contribution >= 4 is 39.2 Å². The minimum Gasteiger partial charge on any atom is -0.300 e. The van der Waals surface area contributed by atoms with Crippen molar-refractivity contribution in [2.75, 3.05) is 4.90 Å². The highest BCUT2D eigenvalue weighted by atomic mass is 79.9. The summed E-state index contributed by atoms with van der Waals surface area (Å²) in [6.45, 7) is 1.43. The number of hydrogen-bond acceptors (Lipinski definition) is 3. The molecule has 0 unspecified atom stereocenters. The van der Waals surface area contributed by atoms with Gasteiger partial charge in [0.25, 0.3) is 0 Å². The Hall–Kier alpha value is -1.49. The number of rotatable bonds is 3. The summed E-state index contributed by atoms with van der Waals surface area (Å²) in [5, 5.41) is 0. The van der Waals surface area contributed by atoms with E-state index in [2.05, 4.69) is 15.9 Å². The average molecular weight is 310 g/mol. The molecule has 1 aliphatic rings. The maximum atomic E-state index is 12.1. The van der Waals surface area contributed by atoms with E-state index in [0.717, 1.165) is 4.47 Å². The molecule has 0 saturated carbocycles. The molecule has 0 bridgehead atoms. The number of hydrogen-bond donors (Lipinski definition) is 0. The number of halogens is 1. The third-order valence-electron chi connectivity index (χ3n) is 2.86. The Morgan fingerprint density at radius 2 is 1.94 bits per heavy atom. The number of benzene rings is 1.